The van der Waals surface area contributed by atoms with Crippen LogP contribution < -0.4 is 4.72 Å². The third-order valence-electron chi connectivity index (χ3n) is 2.76. The average Bonchev–Trinajstić information content (AvgIpc) is 2.96. The number of aromatic amines is 1. The van der Waals surface area contributed by atoms with Crippen molar-refractivity contribution in [1.29, 1.82) is 0 Å². The number of carboxylic acids is 1. The fraction of sp³-hybridized carbons (Fsp3) is 0.400. The van der Waals surface area contributed by atoms with Gasteiger partial charge in [-0.3, -0.25) is 14.6 Å². The molecule has 2 heterocycles. The normalized spacial score (nSPS) is 11.7. The molecule has 0 aromatic carbocycles. The zero-order valence-electron chi connectivity index (χ0n) is 11.4. The minimum Gasteiger partial charge on any atom is -0.480 e. The number of H-pyrrole nitrogens is 1. The first-order chi connectivity index (χ1) is 9.81. The van der Waals surface area contributed by atoms with Gasteiger partial charge in [-0.1, -0.05) is 0 Å². The molecule has 2 aromatic heterocycles. The van der Waals surface area contributed by atoms with Crippen LogP contribution in [0.4, 0.5) is 0 Å². The molecule has 0 radical (unpaired) electrons. The summed E-state index contributed by atoms with van der Waals surface area (Å²) in [4.78, 5) is 14.5. The summed E-state index contributed by atoms with van der Waals surface area (Å²) >= 11 is 0. The molecule has 0 aliphatic heterocycles. The molecule has 114 valence electrons. The van der Waals surface area contributed by atoms with Gasteiger partial charge in [0.2, 0.25) is 10.0 Å². The molecule has 0 aliphatic rings. The molecule has 0 atom stereocenters. The van der Waals surface area contributed by atoms with E-state index in [0.717, 1.165) is 4.68 Å². The lowest BCUT2D eigenvalue weighted by Crippen LogP contribution is -2.25. The second-order valence-electron chi connectivity index (χ2n) is 4.31. The summed E-state index contributed by atoms with van der Waals surface area (Å²) in [5.41, 5.74) is 0.499. The maximum atomic E-state index is 12.3. The number of hydrogen-bond donors (Lipinski definition) is 3. The first kappa shape index (κ1) is 15.1. The van der Waals surface area contributed by atoms with Crippen molar-refractivity contribution >= 4 is 16.0 Å². The molecule has 3 N–H and O–H groups in total. The van der Waals surface area contributed by atoms with Crippen molar-refractivity contribution in [3.63, 3.8) is 0 Å². The van der Waals surface area contributed by atoms with E-state index in [2.05, 4.69) is 25.0 Å². The maximum Gasteiger partial charge on any atom is 0.325 e. The minimum absolute atomic E-state index is 0.0248. The van der Waals surface area contributed by atoms with Gasteiger partial charge >= 0.3 is 5.97 Å². The molecule has 0 bridgehead atoms. The number of carboxylic acid groups (broad SMARTS) is 1. The first-order valence-electron chi connectivity index (χ1n) is 5.91. The third-order valence-corrected chi connectivity index (χ3v) is 4.42. The van der Waals surface area contributed by atoms with Crippen molar-refractivity contribution in [3.8, 4) is 0 Å². The van der Waals surface area contributed by atoms with E-state index in [4.69, 9.17) is 5.11 Å². The van der Waals surface area contributed by atoms with E-state index in [9.17, 15) is 13.2 Å². The van der Waals surface area contributed by atoms with Crippen LogP contribution in [-0.4, -0.2) is 44.5 Å². The van der Waals surface area contributed by atoms with Gasteiger partial charge < -0.3 is 5.11 Å². The van der Waals surface area contributed by atoms with Crippen LogP contribution in [0.5, 0.6) is 0 Å². The molecule has 0 saturated carbocycles. The van der Waals surface area contributed by atoms with E-state index in [1.165, 1.54) is 20.2 Å². The Labute approximate surface area is 120 Å². The van der Waals surface area contributed by atoms with Crippen LogP contribution in [0.2, 0.25) is 0 Å². The molecule has 11 heteroatoms. The molecule has 0 fully saturated rings. The van der Waals surface area contributed by atoms with E-state index >= 15 is 0 Å². The molecule has 0 aliphatic carbocycles. The van der Waals surface area contributed by atoms with Crippen LogP contribution in [0.15, 0.2) is 11.2 Å². The number of nitrogens with zero attached hydrogens (tertiary/aromatic N) is 4. The largest absolute Gasteiger partial charge is 0.480 e. The zero-order valence-corrected chi connectivity index (χ0v) is 12.2. The van der Waals surface area contributed by atoms with Crippen molar-refractivity contribution in [2.75, 3.05) is 0 Å². The topological polar surface area (TPSA) is 143 Å². The number of carbonyl (C=O) groups is 1. The van der Waals surface area contributed by atoms with Gasteiger partial charge in [0.05, 0.1) is 17.9 Å². The van der Waals surface area contributed by atoms with Gasteiger partial charge in [-0.05, 0) is 13.8 Å². The molecule has 2 aromatic rings. The van der Waals surface area contributed by atoms with Crippen LogP contribution >= 0.6 is 0 Å². The fourth-order valence-corrected chi connectivity index (χ4v) is 3.30. The average molecular weight is 314 g/mol. The van der Waals surface area contributed by atoms with Crippen molar-refractivity contribution in [3.05, 3.63) is 23.5 Å². The standard InChI is InChI=1S/C10H14N6O4S/c1-6-10(7(2)16(15-6)4-9(17)18)21(19,20)13-3-8-11-5-12-14-8/h5,13H,3-4H2,1-2H3,(H,17,18)(H,11,12,14). The molecule has 0 saturated heterocycles. The molecule has 2 rings (SSSR count). The number of sulfonamides is 1. The van der Waals surface area contributed by atoms with E-state index in [1.807, 2.05) is 0 Å². The van der Waals surface area contributed by atoms with Crippen LogP contribution in [0.3, 0.4) is 0 Å². The quantitative estimate of drug-likeness (QED) is 0.632. The van der Waals surface area contributed by atoms with E-state index in [1.54, 1.807) is 0 Å². The Morgan fingerprint density at radius 3 is 2.76 bits per heavy atom. The van der Waals surface area contributed by atoms with Gasteiger partial charge in [-0.25, -0.2) is 18.1 Å². The predicted molar refractivity (Wildman–Crippen MR) is 69.7 cm³/mol. The van der Waals surface area contributed by atoms with Gasteiger partial charge in [-0.2, -0.15) is 10.2 Å². The lowest BCUT2D eigenvalue weighted by molar-refractivity contribution is -0.137. The number of aryl methyl sites for hydroxylation is 1. The monoisotopic (exact) mass is 314 g/mol. The Morgan fingerprint density at radius 1 is 1.48 bits per heavy atom. The van der Waals surface area contributed by atoms with Crippen LogP contribution in [0.1, 0.15) is 17.2 Å². The molecule has 21 heavy (non-hydrogen) atoms. The maximum absolute atomic E-state index is 12.3. The number of nitrogens with one attached hydrogen (secondary N) is 2. The van der Waals surface area contributed by atoms with E-state index in [-0.39, 0.29) is 22.8 Å². The Kier molecular flexibility index (Phi) is 4.04. The van der Waals surface area contributed by atoms with Gasteiger partial charge in [-0.15, -0.1) is 0 Å². The Balaban J connectivity index is 2.27. The highest BCUT2D eigenvalue weighted by Crippen LogP contribution is 2.19. The van der Waals surface area contributed by atoms with E-state index in [0.29, 0.717) is 5.82 Å². The highest BCUT2D eigenvalue weighted by molar-refractivity contribution is 7.89. The third kappa shape index (κ3) is 3.25. The van der Waals surface area contributed by atoms with Crippen LogP contribution in [0.25, 0.3) is 0 Å². The fourth-order valence-electron chi connectivity index (χ4n) is 1.90. The molecule has 10 nitrogen and oxygen atoms in total. The van der Waals surface area contributed by atoms with Crippen LogP contribution in [-0.2, 0) is 27.9 Å². The van der Waals surface area contributed by atoms with Gasteiger partial charge in [0.15, 0.2) is 0 Å². The molecule has 0 spiro atoms. The Bertz CT molecular complexity index is 749. The number of rotatable bonds is 6. The van der Waals surface area contributed by atoms with Crippen molar-refractivity contribution < 1.29 is 18.3 Å². The molecular formula is C10H14N6O4S. The summed E-state index contributed by atoms with van der Waals surface area (Å²) in [6.07, 6.45) is 1.27. The summed E-state index contributed by atoms with van der Waals surface area (Å²) < 4.78 is 28.1. The summed E-state index contributed by atoms with van der Waals surface area (Å²) in [7, 11) is -3.83. The SMILES string of the molecule is Cc1nn(CC(=O)O)c(C)c1S(=O)(=O)NCc1ncn[nH]1. The summed E-state index contributed by atoms with van der Waals surface area (Å²) in [5.74, 6) is -0.731. The van der Waals surface area contributed by atoms with Gasteiger partial charge in [0, 0.05) is 0 Å². The van der Waals surface area contributed by atoms with E-state index < -0.39 is 22.5 Å². The van der Waals surface area contributed by atoms with Crippen LogP contribution in [0, 0.1) is 13.8 Å². The van der Waals surface area contributed by atoms with Crippen molar-refractivity contribution in [2.24, 2.45) is 0 Å². The lowest BCUT2D eigenvalue weighted by atomic mass is 10.4. The molecule has 0 amide bonds. The van der Waals surface area contributed by atoms with Gasteiger partial charge in [0.25, 0.3) is 0 Å². The number of aromatic nitrogens is 5. The number of hydrogen-bond acceptors (Lipinski definition) is 6. The molecular weight excluding hydrogens is 300 g/mol. The predicted octanol–water partition coefficient (Wildman–Crippen LogP) is -0.819. The molecule has 0 unspecified atom stereocenters. The second kappa shape index (κ2) is 5.61. The number of aliphatic carboxylic acids is 1. The first-order valence-corrected chi connectivity index (χ1v) is 7.39. The minimum atomic E-state index is -3.83. The summed E-state index contributed by atoms with van der Waals surface area (Å²) in [5, 5.41) is 18.9. The van der Waals surface area contributed by atoms with Crippen molar-refractivity contribution in [2.45, 2.75) is 31.8 Å². The highest BCUT2D eigenvalue weighted by Gasteiger charge is 2.25. The smallest absolute Gasteiger partial charge is 0.325 e. The lowest BCUT2D eigenvalue weighted by Gasteiger charge is -2.06. The zero-order chi connectivity index (χ0) is 15.6. The second-order valence-corrected chi connectivity index (χ2v) is 6.01. The summed E-state index contributed by atoms with van der Waals surface area (Å²) in [6, 6.07) is 0. The van der Waals surface area contributed by atoms with Gasteiger partial charge in [0.1, 0.15) is 23.6 Å². The summed E-state index contributed by atoms with van der Waals surface area (Å²) in [6.45, 7) is 2.57. The highest BCUT2D eigenvalue weighted by atomic mass is 32.2. The Hall–Kier alpha value is -2.27. The Morgan fingerprint density at radius 2 is 2.19 bits per heavy atom. The van der Waals surface area contributed by atoms with Crippen molar-refractivity contribution in [1.82, 2.24) is 29.7 Å².